The lowest BCUT2D eigenvalue weighted by molar-refractivity contribution is 0.473. The van der Waals surface area contributed by atoms with Crippen LogP contribution in [-0.2, 0) is 16.6 Å². The maximum atomic E-state index is 14.2. The Labute approximate surface area is 155 Å². The van der Waals surface area contributed by atoms with Gasteiger partial charge in [0.2, 0.25) is 5.56 Å². The number of aromatic nitrogens is 2. The summed E-state index contributed by atoms with van der Waals surface area (Å²) < 4.78 is 37.8. The summed E-state index contributed by atoms with van der Waals surface area (Å²) in [7, 11) is -2.38. The molecule has 2 heterocycles. The van der Waals surface area contributed by atoms with Crippen molar-refractivity contribution in [3.63, 3.8) is 0 Å². The minimum Gasteiger partial charge on any atom is -0.352 e. The molecule has 0 bridgehead atoms. The van der Waals surface area contributed by atoms with Crippen molar-refractivity contribution in [2.45, 2.75) is 6.42 Å². The SMILES string of the molecule is CN(CCc1ccc(F)c(Nc2ccnc3[nH]c(=O)ccc23)c1)S(N)(=O)=O. The molecule has 4 N–H and O–H groups in total. The minimum atomic E-state index is -3.76. The number of fused-ring (bicyclic) bond motifs is 1. The van der Waals surface area contributed by atoms with E-state index in [1.165, 1.54) is 25.4 Å². The first-order valence-corrected chi connectivity index (χ1v) is 9.52. The monoisotopic (exact) mass is 391 g/mol. The van der Waals surface area contributed by atoms with Gasteiger partial charge >= 0.3 is 0 Å². The Morgan fingerprint density at radius 2 is 2.00 bits per heavy atom. The molecule has 3 aromatic rings. The Morgan fingerprint density at radius 3 is 2.74 bits per heavy atom. The maximum Gasteiger partial charge on any atom is 0.276 e. The molecule has 0 aliphatic carbocycles. The third-order valence-electron chi connectivity index (χ3n) is 4.08. The van der Waals surface area contributed by atoms with Crippen molar-refractivity contribution in [2.75, 3.05) is 18.9 Å². The number of nitrogens with zero attached hydrogens (tertiary/aromatic N) is 2. The standard InChI is InChI=1S/C17H18FN5O3S/c1-23(27(19,25)26)9-7-11-2-4-13(18)15(10-11)21-14-6-8-20-17-12(14)3-5-16(24)22-17/h2-6,8,10H,7,9H2,1H3,(H2,19,25,26)(H2,20,21,22,24). The van der Waals surface area contributed by atoms with Gasteiger partial charge in [-0.25, -0.2) is 14.5 Å². The second-order valence-electron chi connectivity index (χ2n) is 6.00. The first-order chi connectivity index (χ1) is 12.7. The van der Waals surface area contributed by atoms with Crippen molar-refractivity contribution < 1.29 is 12.8 Å². The molecule has 27 heavy (non-hydrogen) atoms. The summed E-state index contributed by atoms with van der Waals surface area (Å²) in [6.07, 6.45) is 1.87. The second kappa shape index (κ2) is 7.43. The molecule has 0 aliphatic rings. The summed E-state index contributed by atoms with van der Waals surface area (Å²) in [6, 6.07) is 9.13. The highest BCUT2D eigenvalue weighted by Crippen LogP contribution is 2.26. The van der Waals surface area contributed by atoms with Crippen LogP contribution in [0.1, 0.15) is 5.56 Å². The first kappa shape index (κ1) is 19.0. The molecule has 0 amide bonds. The molecule has 3 rings (SSSR count). The van der Waals surface area contributed by atoms with Crippen molar-refractivity contribution in [2.24, 2.45) is 5.14 Å². The average Bonchev–Trinajstić information content (AvgIpc) is 2.61. The number of anilines is 2. The minimum absolute atomic E-state index is 0.170. The molecule has 0 fully saturated rings. The number of likely N-dealkylation sites (N-methyl/N-ethyl adjacent to an activating group) is 1. The van der Waals surface area contributed by atoms with Gasteiger partial charge in [-0.3, -0.25) is 4.79 Å². The normalized spacial score (nSPS) is 11.9. The Hall–Kier alpha value is -2.82. The van der Waals surface area contributed by atoms with Crippen molar-refractivity contribution in [3.8, 4) is 0 Å². The zero-order valence-corrected chi connectivity index (χ0v) is 15.3. The molecule has 0 radical (unpaired) electrons. The first-order valence-electron chi connectivity index (χ1n) is 8.01. The van der Waals surface area contributed by atoms with Gasteiger partial charge in [-0.05, 0) is 36.2 Å². The Balaban J connectivity index is 1.86. The Bertz CT molecular complexity index is 1150. The van der Waals surface area contributed by atoms with Crippen molar-refractivity contribution in [1.29, 1.82) is 0 Å². The number of aromatic amines is 1. The number of benzene rings is 1. The van der Waals surface area contributed by atoms with Gasteiger partial charge in [-0.2, -0.15) is 12.7 Å². The molecule has 0 unspecified atom stereocenters. The summed E-state index contributed by atoms with van der Waals surface area (Å²) in [6.45, 7) is 0.170. The van der Waals surface area contributed by atoms with Gasteiger partial charge in [0.05, 0.1) is 11.4 Å². The molecule has 0 aliphatic heterocycles. The number of pyridine rings is 2. The van der Waals surface area contributed by atoms with E-state index >= 15 is 0 Å². The van der Waals surface area contributed by atoms with E-state index in [-0.39, 0.29) is 17.8 Å². The van der Waals surface area contributed by atoms with Gasteiger partial charge in [0.15, 0.2) is 0 Å². The highest BCUT2D eigenvalue weighted by Gasteiger charge is 2.12. The summed E-state index contributed by atoms with van der Waals surface area (Å²) in [5.74, 6) is -0.465. The predicted octanol–water partition coefficient (Wildman–Crippen LogP) is 1.48. The fourth-order valence-corrected chi connectivity index (χ4v) is 2.90. The third kappa shape index (κ3) is 4.48. The lowest BCUT2D eigenvalue weighted by atomic mass is 10.1. The largest absolute Gasteiger partial charge is 0.352 e. The van der Waals surface area contributed by atoms with Crippen molar-refractivity contribution in [3.05, 3.63) is 64.3 Å². The molecule has 1 aromatic carbocycles. The average molecular weight is 391 g/mol. The van der Waals surface area contributed by atoms with Crippen LogP contribution >= 0.6 is 0 Å². The third-order valence-corrected chi connectivity index (χ3v) is 5.13. The predicted molar refractivity (Wildman–Crippen MR) is 101 cm³/mol. The molecular weight excluding hydrogens is 373 g/mol. The highest BCUT2D eigenvalue weighted by atomic mass is 32.2. The van der Waals surface area contributed by atoms with Gasteiger partial charge in [0.1, 0.15) is 11.5 Å². The summed E-state index contributed by atoms with van der Waals surface area (Å²) in [5.41, 5.74) is 1.65. The van der Waals surface area contributed by atoms with Gasteiger partial charge in [0, 0.05) is 31.2 Å². The lowest BCUT2D eigenvalue weighted by Gasteiger charge is -2.15. The van der Waals surface area contributed by atoms with E-state index in [1.54, 1.807) is 24.3 Å². The molecule has 8 nitrogen and oxygen atoms in total. The fourth-order valence-electron chi connectivity index (χ4n) is 2.55. The van der Waals surface area contributed by atoms with E-state index in [2.05, 4.69) is 15.3 Å². The zero-order chi connectivity index (χ0) is 19.6. The fraction of sp³-hybridized carbons (Fsp3) is 0.176. The van der Waals surface area contributed by atoms with Gasteiger partial charge in [-0.1, -0.05) is 6.07 Å². The van der Waals surface area contributed by atoms with Crippen molar-refractivity contribution >= 4 is 32.6 Å². The summed E-state index contributed by atoms with van der Waals surface area (Å²) in [4.78, 5) is 18.1. The molecule has 2 aromatic heterocycles. The van der Waals surface area contributed by atoms with Crippen LogP contribution in [0.15, 0.2) is 47.4 Å². The lowest BCUT2D eigenvalue weighted by Crippen LogP contribution is -2.34. The van der Waals surface area contributed by atoms with Gasteiger partial charge in [-0.15, -0.1) is 0 Å². The van der Waals surface area contributed by atoms with Crippen LogP contribution in [0.2, 0.25) is 0 Å². The summed E-state index contributed by atoms with van der Waals surface area (Å²) >= 11 is 0. The van der Waals surface area contributed by atoms with Gasteiger partial charge in [0.25, 0.3) is 10.2 Å². The number of rotatable bonds is 6. The molecule has 10 heteroatoms. The van der Waals surface area contributed by atoms with E-state index in [0.29, 0.717) is 23.1 Å². The number of hydrogen-bond donors (Lipinski definition) is 3. The van der Waals surface area contributed by atoms with Crippen LogP contribution in [0, 0.1) is 5.82 Å². The molecule has 0 saturated heterocycles. The van der Waals surface area contributed by atoms with Crippen LogP contribution < -0.4 is 16.0 Å². The number of H-pyrrole nitrogens is 1. The molecule has 0 saturated carbocycles. The topological polar surface area (TPSA) is 121 Å². The van der Waals surface area contributed by atoms with E-state index in [4.69, 9.17) is 5.14 Å². The summed E-state index contributed by atoms with van der Waals surface area (Å²) in [5, 5.41) is 8.69. The number of nitrogens with two attached hydrogens (primary N) is 1. The number of hydrogen-bond acceptors (Lipinski definition) is 5. The van der Waals surface area contributed by atoms with Crippen LogP contribution in [0.4, 0.5) is 15.8 Å². The quantitative estimate of drug-likeness (QED) is 0.588. The zero-order valence-electron chi connectivity index (χ0n) is 14.4. The van der Waals surface area contributed by atoms with Crippen LogP contribution in [0.25, 0.3) is 11.0 Å². The van der Waals surface area contributed by atoms with Crippen LogP contribution in [-0.4, -0.2) is 36.3 Å². The Morgan fingerprint density at radius 1 is 1.22 bits per heavy atom. The van der Waals surface area contributed by atoms with E-state index in [0.717, 1.165) is 9.87 Å². The smallest absolute Gasteiger partial charge is 0.276 e. The molecular formula is C17H18FN5O3S. The number of halogens is 1. The molecule has 0 atom stereocenters. The van der Waals surface area contributed by atoms with E-state index < -0.39 is 16.0 Å². The van der Waals surface area contributed by atoms with Crippen LogP contribution in [0.3, 0.4) is 0 Å². The second-order valence-corrected chi connectivity index (χ2v) is 7.65. The maximum absolute atomic E-state index is 14.2. The Kier molecular flexibility index (Phi) is 5.22. The highest BCUT2D eigenvalue weighted by molar-refractivity contribution is 7.86. The molecule has 142 valence electrons. The number of nitrogens with one attached hydrogen (secondary N) is 2. The van der Waals surface area contributed by atoms with Gasteiger partial charge < -0.3 is 10.3 Å². The van der Waals surface area contributed by atoms with E-state index in [1.807, 2.05) is 0 Å². The molecule has 0 spiro atoms. The van der Waals surface area contributed by atoms with Crippen molar-refractivity contribution in [1.82, 2.24) is 14.3 Å². The van der Waals surface area contributed by atoms with Crippen LogP contribution in [0.5, 0.6) is 0 Å². The van der Waals surface area contributed by atoms with E-state index in [9.17, 15) is 17.6 Å².